The first-order valence-corrected chi connectivity index (χ1v) is 9.37. The fourth-order valence-electron chi connectivity index (χ4n) is 2.78. The molecule has 8 heteroatoms. The van der Waals surface area contributed by atoms with Crippen LogP contribution in [0.3, 0.4) is 0 Å². The Morgan fingerprint density at radius 1 is 1.38 bits per heavy atom. The van der Waals surface area contributed by atoms with E-state index in [0.717, 1.165) is 43.5 Å². The van der Waals surface area contributed by atoms with Crippen molar-refractivity contribution < 1.29 is 4.52 Å². The van der Waals surface area contributed by atoms with Gasteiger partial charge in [-0.1, -0.05) is 36.8 Å². The van der Waals surface area contributed by atoms with E-state index in [9.17, 15) is 0 Å². The molecule has 3 rings (SSSR count). The summed E-state index contributed by atoms with van der Waals surface area (Å²) in [5, 5.41) is 17.2. The van der Waals surface area contributed by atoms with Gasteiger partial charge in [0.2, 0.25) is 5.89 Å². The molecule has 0 spiro atoms. The number of rotatable bonds is 7. The number of nitrogens with zero attached hydrogens (tertiary/aromatic N) is 5. The molecule has 1 fully saturated rings. The van der Waals surface area contributed by atoms with Gasteiger partial charge in [-0.25, -0.2) is 0 Å². The summed E-state index contributed by atoms with van der Waals surface area (Å²) in [6.07, 6.45) is 4.09. The molecule has 2 aromatic heterocycles. The van der Waals surface area contributed by atoms with Crippen LogP contribution in [0.1, 0.15) is 56.1 Å². The second-order valence-electron chi connectivity index (χ2n) is 6.26. The molecule has 3 heterocycles. The Morgan fingerprint density at radius 3 is 2.83 bits per heavy atom. The zero-order chi connectivity index (χ0) is 16.9. The van der Waals surface area contributed by atoms with Gasteiger partial charge in [0.05, 0.1) is 5.75 Å². The molecule has 1 saturated heterocycles. The van der Waals surface area contributed by atoms with Gasteiger partial charge in [0.25, 0.3) is 0 Å². The lowest BCUT2D eigenvalue weighted by atomic mass is 9.97. The van der Waals surface area contributed by atoms with Gasteiger partial charge in [-0.05, 0) is 25.9 Å². The highest BCUT2D eigenvalue weighted by molar-refractivity contribution is 7.98. The van der Waals surface area contributed by atoms with Crippen LogP contribution >= 0.6 is 11.8 Å². The Hall–Kier alpha value is -1.67. The molecule has 0 saturated carbocycles. The number of aromatic nitrogens is 5. The average molecular weight is 348 g/mol. The summed E-state index contributed by atoms with van der Waals surface area (Å²) < 4.78 is 7.42. The predicted molar refractivity (Wildman–Crippen MR) is 93.0 cm³/mol. The minimum Gasteiger partial charge on any atom is -0.339 e. The SMILES string of the molecule is C=CCn1c(SCc2noc(C(C)C)n2)nnc1C1CCNCC1. The third-order valence-corrected chi connectivity index (χ3v) is 5.03. The molecule has 0 unspecified atom stereocenters. The standard InChI is InChI=1S/C16H24N6OS/c1-4-9-22-14(12-5-7-17-8-6-12)19-20-16(22)24-10-13-18-15(11(2)3)23-21-13/h4,11-12,17H,1,5-10H2,2-3H3. The van der Waals surface area contributed by atoms with Gasteiger partial charge in [0.1, 0.15) is 5.82 Å². The minimum absolute atomic E-state index is 0.243. The van der Waals surface area contributed by atoms with Crippen molar-refractivity contribution in [2.45, 2.75) is 56.0 Å². The largest absolute Gasteiger partial charge is 0.339 e. The average Bonchev–Trinajstić information content (AvgIpc) is 3.21. The van der Waals surface area contributed by atoms with Crippen LogP contribution in [0.15, 0.2) is 22.3 Å². The molecule has 0 atom stereocenters. The van der Waals surface area contributed by atoms with Gasteiger partial charge < -0.3 is 14.4 Å². The molecule has 0 radical (unpaired) electrons. The van der Waals surface area contributed by atoms with Crippen LogP contribution in [-0.4, -0.2) is 38.0 Å². The Labute approximate surface area is 146 Å². The highest BCUT2D eigenvalue weighted by Gasteiger charge is 2.23. The Morgan fingerprint density at radius 2 is 2.17 bits per heavy atom. The molecule has 2 aromatic rings. The molecule has 1 aliphatic heterocycles. The topological polar surface area (TPSA) is 81.7 Å². The molecule has 130 valence electrons. The van der Waals surface area contributed by atoms with Crippen molar-refractivity contribution in [2.75, 3.05) is 13.1 Å². The molecular weight excluding hydrogens is 324 g/mol. The smallest absolute Gasteiger partial charge is 0.229 e. The van der Waals surface area contributed by atoms with Gasteiger partial charge in [0.15, 0.2) is 11.0 Å². The molecular formula is C16H24N6OS. The second-order valence-corrected chi connectivity index (χ2v) is 7.20. The van der Waals surface area contributed by atoms with E-state index < -0.39 is 0 Å². The number of nitrogens with one attached hydrogen (secondary N) is 1. The van der Waals surface area contributed by atoms with Crippen LogP contribution in [0, 0.1) is 0 Å². The van der Waals surface area contributed by atoms with Crippen LogP contribution in [0.5, 0.6) is 0 Å². The van der Waals surface area contributed by atoms with E-state index in [-0.39, 0.29) is 5.92 Å². The fourth-order valence-corrected chi connectivity index (χ4v) is 3.58. The summed E-state index contributed by atoms with van der Waals surface area (Å²) in [6, 6.07) is 0. The summed E-state index contributed by atoms with van der Waals surface area (Å²) in [4.78, 5) is 4.41. The van der Waals surface area contributed by atoms with Gasteiger partial charge in [0, 0.05) is 18.4 Å². The van der Waals surface area contributed by atoms with Crippen molar-refractivity contribution in [3.63, 3.8) is 0 Å². The first-order valence-electron chi connectivity index (χ1n) is 8.39. The maximum absolute atomic E-state index is 5.25. The summed E-state index contributed by atoms with van der Waals surface area (Å²) in [5.41, 5.74) is 0. The highest BCUT2D eigenvalue weighted by Crippen LogP contribution is 2.28. The van der Waals surface area contributed by atoms with E-state index in [1.807, 2.05) is 19.9 Å². The molecule has 7 nitrogen and oxygen atoms in total. The molecule has 1 N–H and O–H groups in total. The van der Waals surface area contributed by atoms with Gasteiger partial charge in [-0.2, -0.15) is 4.98 Å². The van der Waals surface area contributed by atoms with Crippen molar-refractivity contribution >= 4 is 11.8 Å². The number of hydrogen-bond donors (Lipinski definition) is 1. The third kappa shape index (κ3) is 3.87. The van der Waals surface area contributed by atoms with E-state index in [2.05, 4.69) is 36.8 Å². The first kappa shape index (κ1) is 17.2. The molecule has 0 bridgehead atoms. The van der Waals surface area contributed by atoms with Crippen molar-refractivity contribution in [3.8, 4) is 0 Å². The molecule has 24 heavy (non-hydrogen) atoms. The maximum Gasteiger partial charge on any atom is 0.229 e. The van der Waals surface area contributed by atoms with E-state index in [1.165, 1.54) is 0 Å². The lowest BCUT2D eigenvalue weighted by Crippen LogP contribution is -2.28. The summed E-state index contributed by atoms with van der Waals surface area (Å²) in [6.45, 7) is 10.7. The predicted octanol–water partition coefficient (Wildman–Crippen LogP) is 2.73. The van der Waals surface area contributed by atoms with Crippen LogP contribution in [0.4, 0.5) is 0 Å². The first-order chi connectivity index (χ1) is 11.7. The van der Waals surface area contributed by atoms with E-state index in [4.69, 9.17) is 4.52 Å². The number of thioether (sulfide) groups is 1. The normalized spacial score (nSPS) is 16.0. The van der Waals surface area contributed by atoms with Crippen molar-refractivity contribution in [3.05, 3.63) is 30.2 Å². The van der Waals surface area contributed by atoms with E-state index >= 15 is 0 Å². The summed E-state index contributed by atoms with van der Waals surface area (Å²) in [5.74, 6) is 3.76. The lowest BCUT2D eigenvalue weighted by molar-refractivity contribution is 0.362. The zero-order valence-electron chi connectivity index (χ0n) is 14.2. The number of hydrogen-bond acceptors (Lipinski definition) is 7. The van der Waals surface area contributed by atoms with Crippen LogP contribution in [0.2, 0.25) is 0 Å². The van der Waals surface area contributed by atoms with Crippen molar-refractivity contribution in [1.29, 1.82) is 0 Å². The molecule has 0 aliphatic carbocycles. The maximum atomic E-state index is 5.25. The third-order valence-electron chi connectivity index (χ3n) is 4.07. The van der Waals surface area contributed by atoms with Crippen molar-refractivity contribution in [1.82, 2.24) is 30.2 Å². The van der Waals surface area contributed by atoms with Gasteiger partial charge in [-0.15, -0.1) is 16.8 Å². The van der Waals surface area contributed by atoms with Crippen molar-refractivity contribution in [2.24, 2.45) is 0 Å². The van der Waals surface area contributed by atoms with E-state index in [1.54, 1.807) is 11.8 Å². The number of piperidine rings is 1. The quantitative estimate of drug-likeness (QED) is 0.608. The van der Waals surface area contributed by atoms with Crippen LogP contribution in [0.25, 0.3) is 0 Å². The molecule has 1 aliphatic rings. The summed E-state index contributed by atoms with van der Waals surface area (Å²) >= 11 is 1.59. The van der Waals surface area contributed by atoms with Gasteiger partial charge >= 0.3 is 0 Å². The fraction of sp³-hybridized carbons (Fsp3) is 0.625. The minimum atomic E-state index is 0.243. The summed E-state index contributed by atoms with van der Waals surface area (Å²) in [7, 11) is 0. The second kappa shape index (κ2) is 7.94. The van der Waals surface area contributed by atoms with E-state index in [0.29, 0.717) is 23.4 Å². The Balaban J connectivity index is 1.72. The zero-order valence-corrected chi connectivity index (χ0v) is 15.1. The van der Waals surface area contributed by atoms with Gasteiger partial charge in [-0.3, -0.25) is 0 Å². The van der Waals surface area contributed by atoms with Crippen LogP contribution in [-0.2, 0) is 12.3 Å². The highest BCUT2D eigenvalue weighted by atomic mass is 32.2. The van der Waals surface area contributed by atoms with Crippen LogP contribution < -0.4 is 5.32 Å². The monoisotopic (exact) mass is 348 g/mol. The number of allylic oxidation sites excluding steroid dienone is 1. The Bertz CT molecular complexity index is 674. The Kier molecular flexibility index (Phi) is 5.68. The molecule has 0 amide bonds. The lowest BCUT2D eigenvalue weighted by Gasteiger charge is -2.22. The molecule has 0 aromatic carbocycles.